The van der Waals surface area contributed by atoms with Crippen LogP contribution in [0.15, 0.2) is 6.20 Å². The number of amides is 2. The second kappa shape index (κ2) is 6.64. The molecule has 1 heterocycles. The van der Waals surface area contributed by atoms with E-state index >= 15 is 0 Å². The first-order valence-electron chi connectivity index (χ1n) is 5.96. The van der Waals surface area contributed by atoms with Crippen molar-refractivity contribution >= 4 is 17.8 Å². The van der Waals surface area contributed by atoms with E-state index < -0.39 is 11.9 Å². The van der Waals surface area contributed by atoms with E-state index in [4.69, 9.17) is 5.11 Å². The Kier molecular flexibility index (Phi) is 5.18. The third kappa shape index (κ3) is 4.67. The number of carbonyl (C=O) groups excluding carboxylic acids is 2. The van der Waals surface area contributed by atoms with Gasteiger partial charge in [-0.3, -0.25) is 14.4 Å². The Bertz CT molecular complexity index is 511. The monoisotopic (exact) mass is 283 g/mol. The molecule has 1 rings (SSSR count). The number of aliphatic carboxylic acids is 1. The van der Waals surface area contributed by atoms with Crippen molar-refractivity contribution in [3.8, 4) is 0 Å². The Labute approximate surface area is 115 Å². The van der Waals surface area contributed by atoms with E-state index in [-0.39, 0.29) is 30.7 Å². The summed E-state index contributed by atoms with van der Waals surface area (Å²) in [6.07, 6.45) is 1.23. The number of rotatable bonds is 6. The van der Waals surface area contributed by atoms with Crippen LogP contribution < -0.4 is 5.32 Å². The maximum absolute atomic E-state index is 11.9. The molecule has 20 heavy (non-hydrogen) atoms. The fourth-order valence-corrected chi connectivity index (χ4v) is 1.46. The minimum atomic E-state index is -1.08. The summed E-state index contributed by atoms with van der Waals surface area (Å²) in [5.41, 5.74) is -0.00824. The summed E-state index contributed by atoms with van der Waals surface area (Å²) in [7, 11) is 1.46. The molecule has 0 atom stereocenters. The Morgan fingerprint density at radius 2 is 2.10 bits per heavy atom. The van der Waals surface area contributed by atoms with Gasteiger partial charge in [-0.2, -0.15) is 0 Å². The van der Waals surface area contributed by atoms with E-state index in [1.54, 1.807) is 0 Å². The summed E-state index contributed by atoms with van der Waals surface area (Å²) >= 11 is 0. The second-order valence-electron chi connectivity index (χ2n) is 4.58. The number of hydrogen-bond donors (Lipinski definition) is 2. The molecule has 0 fully saturated rings. The average molecular weight is 283 g/mol. The van der Waals surface area contributed by atoms with Crippen molar-refractivity contribution in [3.63, 3.8) is 0 Å². The lowest BCUT2D eigenvalue weighted by Gasteiger charge is -2.16. The van der Waals surface area contributed by atoms with Gasteiger partial charge in [0.1, 0.15) is 6.54 Å². The van der Waals surface area contributed by atoms with Gasteiger partial charge in [0, 0.05) is 13.1 Å². The Hall–Kier alpha value is -2.45. The summed E-state index contributed by atoms with van der Waals surface area (Å²) in [5.74, 6) is -1.87. The van der Waals surface area contributed by atoms with Crippen molar-refractivity contribution in [1.82, 2.24) is 25.2 Å². The van der Waals surface area contributed by atoms with Crippen molar-refractivity contribution in [3.05, 3.63) is 11.9 Å². The summed E-state index contributed by atoms with van der Waals surface area (Å²) in [4.78, 5) is 35.2. The number of likely N-dealkylation sites (N-methyl/N-ethyl adjacent to an activating group) is 1. The van der Waals surface area contributed by atoms with E-state index in [1.165, 1.54) is 18.1 Å². The van der Waals surface area contributed by atoms with Gasteiger partial charge in [0.15, 0.2) is 5.69 Å². The van der Waals surface area contributed by atoms with Crippen molar-refractivity contribution in [2.24, 2.45) is 0 Å². The second-order valence-corrected chi connectivity index (χ2v) is 4.58. The van der Waals surface area contributed by atoms with Gasteiger partial charge in [-0.25, -0.2) is 4.68 Å². The molecule has 0 aliphatic rings. The van der Waals surface area contributed by atoms with Crippen LogP contribution in [0.3, 0.4) is 0 Å². The van der Waals surface area contributed by atoms with Crippen LogP contribution in [-0.2, 0) is 16.1 Å². The van der Waals surface area contributed by atoms with Crippen molar-refractivity contribution in [2.45, 2.75) is 26.4 Å². The van der Waals surface area contributed by atoms with Crippen molar-refractivity contribution in [1.29, 1.82) is 0 Å². The maximum Gasteiger partial charge on any atom is 0.325 e. The quantitative estimate of drug-likeness (QED) is 0.688. The van der Waals surface area contributed by atoms with Crippen LogP contribution >= 0.6 is 0 Å². The third-order valence-electron chi connectivity index (χ3n) is 2.23. The topological polar surface area (TPSA) is 117 Å². The fraction of sp³-hybridized carbons (Fsp3) is 0.545. The lowest BCUT2D eigenvalue weighted by molar-refractivity contribution is -0.138. The number of hydrogen-bond acceptors (Lipinski definition) is 5. The molecule has 9 heteroatoms. The standard InChI is InChI=1S/C11H17N5O4/c1-7(2)12-9(17)5-15(3)11(20)8-4-16(14-13-8)6-10(18)19/h4,7H,5-6H2,1-3H3,(H,12,17)(H,18,19). The van der Waals surface area contributed by atoms with Crippen LogP contribution in [0.5, 0.6) is 0 Å². The number of nitrogens with zero attached hydrogens (tertiary/aromatic N) is 4. The molecule has 1 aromatic rings. The van der Waals surface area contributed by atoms with Gasteiger partial charge in [0.2, 0.25) is 5.91 Å². The molecule has 0 aliphatic heterocycles. The zero-order valence-corrected chi connectivity index (χ0v) is 11.5. The van der Waals surface area contributed by atoms with Crippen molar-refractivity contribution in [2.75, 3.05) is 13.6 Å². The van der Waals surface area contributed by atoms with Crippen molar-refractivity contribution < 1.29 is 19.5 Å². The van der Waals surface area contributed by atoms with E-state index in [9.17, 15) is 14.4 Å². The lowest BCUT2D eigenvalue weighted by atomic mass is 10.3. The van der Waals surface area contributed by atoms with E-state index in [2.05, 4.69) is 15.6 Å². The molecule has 1 aromatic heterocycles. The zero-order chi connectivity index (χ0) is 15.3. The molecular formula is C11H17N5O4. The van der Waals surface area contributed by atoms with Gasteiger partial charge in [0.05, 0.1) is 12.7 Å². The molecule has 0 radical (unpaired) electrons. The van der Waals surface area contributed by atoms with Gasteiger partial charge >= 0.3 is 5.97 Å². The van der Waals surface area contributed by atoms with Crippen LogP contribution in [0, 0.1) is 0 Å². The van der Waals surface area contributed by atoms with Gasteiger partial charge in [0.25, 0.3) is 5.91 Å². The highest BCUT2D eigenvalue weighted by atomic mass is 16.4. The summed E-state index contributed by atoms with van der Waals surface area (Å²) in [5, 5.41) is 18.4. The largest absolute Gasteiger partial charge is 0.480 e. The maximum atomic E-state index is 11.9. The lowest BCUT2D eigenvalue weighted by Crippen LogP contribution is -2.40. The minimum Gasteiger partial charge on any atom is -0.480 e. The van der Waals surface area contributed by atoms with Gasteiger partial charge in [-0.1, -0.05) is 5.21 Å². The molecular weight excluding hydrogens is 266 g/mol. The molecule has 2 N–H and O–H groups in total. The highest BCUT2D eigenvalue weighted by molar-refractivity contribution is 5.94. The van der Waals surface area contributed by atoms with Gasteiger partial charge < -0.3 is 15.3 Å². The molecule has 0 spiro atoms. The summed E-state index contributed by atoms with van der Waals surface area (Å²) in [6.45, 7) is 3.15. The number of aromatic nitrogens is 3. The summed E-state index contributed by atoms with van der Waals surface area (Å²) in [6, 6.07) is -0.0116. The first kappa shape index (κ1) is 15.6. The SMILES string of the molecule is CC(C)NC(=O)CN(C)C(=O)c1cn(CC(=O)O)nn1. The number of nitrogens with one attached hydrogen (secondary N) is 1. The zero-order valence-electron chi connectivity index (χ0n) is 11.5. The fourth-order valence-electron chi connectivity index (χ4n) is 1.46. The predicted molar refractivity (Wildman–Crippen MR) is 67.9 cm³/mol. The normalized spacial score (nSPS) is 10.4. The molecule has 0 unspecified atom stereocenters. The molecule has 0 aliphatic carbocycles. The molecule has 0 aromatic carbocycles. The molecule has 0 saturated heterocycles. The van der Waals surface area contributed by atoms with E-state index in [0.29, 0.717) is 0 Å². The molecule has 0 bridgehead atoms. The smallest absolute Gasteiger partial charge is 0.325 e. The molecule has 0 saturated carbocycles. The minimum absolute atomic E-state index is 0.00824. The van der Waals surface area contributed by atoms with Gasteiger partial charge in [-0.05, 0) is 13.8 Å². The van der Waals surface area contributed by atoms with E-state index in [0.717, 1.165) is 4.68 Å². The third-order valence-corrected chi connectivity index (χ3v) is 2.23. The summed E-state index contributed by atoms with van der Waals surface area (Å²) < 4.78 is 1.04. The van der Waals surface area contributed by atoms with Crippen LogP contribution in [0.25, 0.3) is 0 Å². The Morgan fingerprint density at radius 3 is 2.65 bits per heavy atom. The first-order chi connectivity index (χ1) is 9.29. The van der Waals surface area contributed by atoms with E-state index in [1.807, 2.05) is 13.8 Å². The highest BCUT2D eigenvalue weighted by Crippen LogP contribution is 1.99. The average Bonchev–Trinajstić information content (AvgIpc) is 2.74. The predicted octanol–water partition coefficient (Wildman–Crippen LogP) is -1.04. The molecule has 9 nitrogen and oxygen atoms in total. The van der Waals surface area contributed by atoms with Crippen LogP contribution in [0.4, 0.5) is 0 Å². The molecule has 110 valence electrons. The molecule has 2 amide bonds. The number of carbonyl (C=O) groups is 3. The van der Waals surface area contributed by atoms with Crippen LogP contribution in [0.1, 0.15) is 24.3 Å². The Balaban J connectivity index is 2.62. The van der Waals surface area contributed by atoms with Crippen LogP contribution in [0.2, 0.25) is 0 Å². The van der Waals surface area contributed by atoms with Gasteiger partial charge in [-0.15, -0.1) is 5.10 Å². The highest BCUT2D eigenvalue weighted by Gasteiger charge is 2.18. The van der Waals surface area contributed by atoms with Crippen LogP contribution in [-0.4, -0.2) is 62.4 Å². The first-order valence-corrected chi connectivity index (χ1v) is 5.96. The number of carboxylic acids is 1. The number of carboxylic acid groups (broad SMARTS) is 1. The Morgan fingerprint density at radius 1 is 1.45 bits per heavy atom.